The molecule has 22 heavy (non-hydrogen) atoms. The fourth-order valence-corrected chi connectivity index (χ4v) is 2.87. The first-order valence-electron chi connectivity index (χ1n) is 7.13. The standard InChI is InChI=1S/C14H18N6OS/c1-15-4-2-5-16-13-17-7-11-12(19-13)20(14(21)18-11)8-10-3-6-22-9-10/h3,6-7,9,15H,2,4-5,8H2,1H3,(H,18,21)(H,16,17,19). The summed E-state index contributed by atoms with van der Waals surface area (Å²) >= 11 is 1.61. The highest BCUT2D eigenvalue weighted by atomic mass is 32.1. The van der Waals surface area contributed by atoms with Gasteiger partial charge in [-0.3, -0.25) is 4.57 Å². The van der Waals surface area contributed by atoms with Crippen LogP contribution in [0.15, 0.2) is 27.8 Å². The van der Waals surface area contributed by atoms with E-state index >= 15 is 0 Å². The monoisotopic (exact) mass is 318 g/mol. The van der Waals surface area contributed by atoms with Crippen LogP contribution in [0.25, 0.3) is 11.2 Å². The van der Waals surface area contributed by atoms with E-state index in [2.05, 4.69) is 25.6 Å². The summed E-state index contributed by atoms with van der Waals surface area (Å²) in [6.07, 6.45) is 2.63. The van der Waals surface area contributed by atoms with E-state index in [1.165, 1.54) is 0 Å². The molecule has 3 aromatic heterocycles. The molecule has 0 aliphatic rings. The van der Waals surface area contributed by atoms with Crippen LogP contribution >= 0.6 is 11.3 Å². The summed E-state index contributed by atoms with van der Waals surface area (Å²) in [7, 11) is 1.92. The van der Waals surface area contributed by atoms with Crippen LogP contribution in [0, 0.1) is 0 Å². The van der Waals surface area contributed by atoms with E-state index in [9.17, 15) is 4.79 Å². The Morgan fingerprint density at radius 3 is 3.09 bits per heavy atom. The van der Waals surface area contributed by atoms with Crippen LogP contribution in [0.3, 0.4) is 0 Å². The van der Waals surface area contributed by atoms with Gasteiger partial charge in [-0.15, -0.1) is 0 Å². The minimum atomic E-state index is -0.164. The Hall–Kier alpha value is -2.19. The summed E-state index contributed by atoms with van der Waals surface area (Å²) in [5.74, 6) is 0.543. The number of aromatic nitrogens is 4. The van der Waals surface area contributed by atoms with Crippen LogP contribution in [-0.4, -0.2) is 39.7 Å². The number of aromatic amines is 1. The van der Waals surface area contributed by atoms with Crippen LogP contribution in [-0.2, 0) is 6.54 Å². The summed E-state index contributed by atoms with van der Waals surface area (Å²) < 4.78 is 1.64. The average molecular weight is 318 g/mol. The fourth-order valence-electron chi connectivity index (χ4n) is 2.21. The van der Waals surface area contributed by atoms with Crippen molar-refractivity contribution < 1.29 is 0 Å². The molecule has 0 aliphatic heterocycles. The van der Waals surface area contributed by atoms with E-state index in [0.717, 1.165) is 25.1 Å². The number of nitrogens with zero attached hydrogens (tertiary/aromatic N) is 3. The van der Waals surface area contributed by atoms with E-state index in [-0.39, 0.29) is 5.69 Å². The smallest absolute Gasteiger partial charge is 0.328 e. The highest BCUT2D eigenvalue weighted by Crippen LogP contribution is 2.12. The van der Waals surface area contributed by atoms with Crippen molar-refractivity contribution in [2.45, 2.75) is 13.0 Å². The Kier molecular flexibility index (Phi) is 4.50. The van der Waals surface area contributed by atoms with Crippen LogP contribution in [0.1, 0.15) is 12.0 Å². The van der Waals surface area contributed by atoms with Gasteiger partial charge in [-0.25, -0.2) is 9.78 Å². The molecule has 0 unspecified atom stereocenters. The van der Waals surface area contributed by atoms with Crippen molar-refractivity contribution in [3.63, 3.8) is 0 Å². The van der Waals surface area contributed by atoms with Gasteiger partial charge in [0.2, 0.25) is 5.95 Å². The van der Waals surface area contributed by atoms with Gasteiger partial charge < -0.3 is 15.6 Å². The molecule has 8 heteroatoms. The molecule has 3 N–H and O–H groups in total. The maximum atomic E-state index is 12.1. The van der Waals surface area contributed by atoms with E-state index in [4.69, 9.17) is 0 Å². The molecular formula is C14H18N6OS. The number of fused-ring (bicyclic) bond motifs is 1. The van der Waals surface area contributed by atoms with Crippen molar-refractivity contribution in [1.29, 1.82) is 0 Å². The number of thiophene rings is 1. The third kappa shape index (κ3) is 3.18. The third-order valence-electron chi connectivity index (χ3n) is 3.32. The molecule has 0 saturated carbocycles. The van der Waals surface area contributed by atoms with Gasteiger partial charge in [0.25, 0.3) is 0 Å². The topological polar surface area (TPSA) is 87.6 Å². The SMILES string of the molecule is CNCCCNc1ncc2[nH]c(=O)n(Cc3ccsc3)c2n1. The van der Waals surface area contributed by atoms with Gasteiger partial charge in [-0.1, -0.05) is 0 Å². The van der Waals surface area contributed by atoms with Gasteiger partial charge in [0.1, 0.15) is 5.52 Å². The van der Waals surface area contributed by atoms with Crippen molar-refractivity contribution in [2.75, 3.05) is 25.5 Å². The molecule has 0 amide bonds. The number of H-pyrrole nitrogens is 1. The first kappa shape index (κ1) is 14.7. The summed E-state index contributed by atoms with van der Waals surface area (Å²) in [6.45, 7) is 2.23. The second-order valence-electron chi connectivity index (χ2n) is 4.96. The molecule has 7 nitrogen and oxygen atoms in total. The molecule has 0 fully saturated rings. The van der Waals surface area contributed by atoms with Gasteiger partial charge in [0, 0.05) is 6.54 Å². The van der Waals surface area contributed by atoms with Crippen LogP contribution in [0.4, 0.5) is 5.95 Å². The van der Waals surface area contributed by atoms with Crippen LogP contribution in [0.5, 0.6) is 0 Å². The molecule has 0 bridgehead atoms. The number of imidazole rings is 1. The molecule has 0 saturated heterocycles. The van der Waals surface area contributed by atoms with Crippen LogP contribution in [0.2, 0.25) is 0 Å². The normalized spacial score (nSPS) is 11.1. The first-order valence-corrected chi connectivity index (χ1v) is 8.07. The Balaban J connectivity index is 1.84. The number of hydrogen-bond acceptors (Lipinski definition) is 6. The maximum absolute atomic E-state index is 12.1. The Morgan fingerprint density at radius 2 is 2.32 bits per heavy atom. The third-order valence-corrected chi connectivity index (χ3v) is 4.05. The zero-order valence-electron chi connectivity index (χ0n) is 12.3. The fraction of sp³-hybridized carbons (Fsp3) is 0.357. The van der Waals surface area contributed by atoms with Gasteiger partial charge in [-0.2, -0.15) is 16.3 Å². The van der Waals surface area contributed by atoms with Gasteiger partial charge in [-0.05, 0) is 42.4 Å². The van der Waals surface area contributed by atoms with Gasteiger partial charge in [0.15, 0.2) is 5.65 Å². The van der Waals surface area contributed by atoms with E-state index < -0.39 is 0 Å². The first-order chi connectivity index (χ1) is 10.8. The lowest BCUT2D eigenvalue weighted by Gasteiger charge is -2.05. The summed E-state index contributed by atoms with van der Waals surface area (Å²) in [5, 5.41) is 10.3. The van der Waals surface area contributed by atoms with Crippen molar-refractivity contribution in [3.8, 4) is 0 Å². The van der Waals surface area contributed by atoms with Crippen molar-refractivity contribution in [1.82, 2.24) is 24.8 Å². The van der Waals surface area contributed by atoms with Gasteiger partial charge in [0.05, 0.1) is 12.7 Å². The molecule has 0 aromatic carbocycles. The Bertz CT molecular complexity index is 791. The van der Waals surface area contributed by atoms with Crippen molar-refractivity contribution in [3.05, 3.63) is 39.1 Å². The summed E-state index contributed by atoms with van der Waals surface area (Å²) in [4.78, 5) is 23.6. The maximum Gasteiger partial charge on any atom is 0.328 e. The second kappa shape index (κ2) is 6.71. The number of nitrogens with one attached hydrogen (secondary N) is 3. The van der Waals surface area contributed by atoms with E-state index in [0.29, 0.717) is 23.7 Å². The molecule has 116 valence electrons. The summed E-state index contributed by atoms with van der Waals surface area (Å²) in [6, 6.07) is 2.01. The Labute approximate surface area is 131 Å². The second-order valence-corrected chi connectivity index (χ2v) is 5.74. The summed E-state index contributed by atoms with van der Waals surface area (Å²) in [5.41, 5.74) is 2.21. The molecule has 0 atom stereocenters. The van der Waals surface area contributed by atoms with Crippen molar-refractivity contribution in [2.24, 2.45) is 0 Å². The van der Waals surface area contributed by atoms with E-state index in [1.807, 2.05) is 23.9 Å². The zero-order valence-corrected chi connectivity index (χ0v) is 13.1. The minimum Gasteiger partial charge on any atom is -0.354 e. The van der Waals surface area contributed by atoms with Gasteiger partial charge >= 0.3 is 5.69 Å². The Morgan fingerprint density at radius 1 is 1.41 bits per heavy atom. The predicted molar refractivity (Wildman–Crippen MR) is 88.6 cm³/mol. The molecular weight excluding hydrogens is 300 g/mol. The number of rotatable bonds is 7. The molecule has 3 rings (SSSR count). The molecule has 0 spiro atoms. The predicted octanol–water partition coefficient (Wildman–Crippen LogP) is 1.25. The van der Waals surface area contributed by atoms with Crippen LogP contribution < -0.4 is 16.3 Å². The van der Waals surface area contributed by atoms with Crippen molar-refractivity contribution >= 4 is 28.4 Å². The quantitative estimate of drug-likeness (QED) is 0.571. The highest BCUT2D eigenvalue weighted by molar-refractivity contribution is 7.07. The molecule has 3 heterocycles. The molecule has 0 aliphatic carbocycles. The molecule has 0 radical (unpaired) electrons. The lowest BCUT2D eigenvalue weighted by molar-refractivity contribution is 0.744. The number of anilines is 1. The zero-order chi connectivity index (χ0) is 15.4. The number of hydrogen-bond donors (Lipinski definition) is 3. The lowest BCUT2D eigenvalue weighted by Crippen LogP contribution is -2.18. The molecule has 3 aromatic rings. The minimum absolute atomic E-state index is 0.164. The average Bonchev–Trinajstić information content (AvgIpc) is 3.13. The largest absolute Gasteiger partial charge is 0.354 e. The highest BCUT2D eigenvalue weighted by Gasteiger charge is 2.10. The lowest BCUT2D eigenvalue weighted by atomic mass is 10.3. The van der Waals surface area contributed by atoms with E-state index in [1.54, 1.807) is 22.1 Å².